The summed E-state index contributed by atoms with van der Waals surface area (Å²) in [5.74, 6) is -0.203. The zero-order chi connectivity index (χ0) is 17.2. The summed E-state index contributed by atoms with van der Waals surface area (Å²) in [5, 5.41) is 0. The number of amides is 1. The van der Waals surface area contributed by atoms with Gasteiger partial charge >= 0.3 is 5.97 Å². The molecule has 4 heteroatoms. The zero-order valence-electron chi connectivity index (χ0n) is 14.5. The van der Waals surface area contributed by atoms with Crippen molar-refractivity contribution in [2.45, 2.75) is 44.9 Å². The summed E-state index contributed by atoms with van der Waals surface area (Å²) in [7, 11) is 1.38. The van der Waals surface area contributed by atoms with Gasteiger partial charge in [-0.1, -0.05) is 42.0 Å². The van der Waals surface area contributed by atoms with Gasteiger partial charge in [-0.3, -0.25) is 9.59 Å². The first kappa shape index (κ1) is 18.2. The Labute approximate surface area is 144 Å². The maximum absolute atomic E-state index is 12.6. The van der Waals surface area contributed by atoms with Crippen molar-refractivity contribution < 1.29 is 14.3 Å². The monoisotopic (exact) mass is 329 g/mol. The fourth-order valence-corrected chi connectivity index (χ4v) is 2.98. The highest BCUT2D eigenvalue weighted by molar-refractivity contribution is 5.79. The molecular weight excluding hydrogens is 302 g/mol. The van der Waals surface area contributed by atoms with Crippen LogP contribution in [0.4, 0.5) is 0 Å². The summed E-state index contributed by atoms with van der Waals surface area (Å²) in [4.78, 5) is 25.9. The molecule has 1 aliphatic rings. The van der Waals surface area contributed by atoms with Crippen LogP contribution in [0.2, 0.25) is 0 Å². The van der Waals surface area contributed by atoms with Crippen LogP contribution in [-0.4, -0.2) is 37.0 Å². The number of carbonyl (C=O) groups excluding carboxylic acids is 2. The molecule has 0 fully saturated rings. The van der Waals surface area contributed by atoms with E-state index in [2.05, 4.69) is 6.08 Å². The van der Waals surface area contributed by atoms with E-state index in [1.165, 1.54) is 25.5 Å². The van der Waals surface area contributed by atoms with E-state index in [1.807, 2.05) is 30.3 Å². The van der Waals surface area contributed by atoms with Gasteiger partial charge in [0.25, 0.3) is 0 Å². The Morgan fingerprint density at radius 3 is 2.58 bits per heavy atom. The van der Waals surface area contributed by atoms with Crippen molar-refractivity contribution in [2.24, 2.45) is 0 Å². The molecule has 0 radical (unpaired) electrons. The van der Waals surface area contributed by atoms with Gasteiger partial charge in [0.1, 0.15) is 0 Å². The molecule has 0 unspecified atom stereocenters. The van der Waals surface area contributed by atoms with Gasteiger partial charge in [-0.2, -0.15) is 0 Å². The van der Waals surface area contributed by atoms with Crippen LogP contribution in [0, 0.1) is 0 Å². The van der Waals surface area contributed by atoms with Crippen molar-refractivity contribution in [1.82, 2.24) is 4.90 Å². The number of hydrogen-bond acceptors (Lipinski definition) is 3. The van der Waals surface area contributed by atoms with Crippen molar-refractivity contribution in [3.05, 3.63) is 47.5 Å². The molecule has 1 aliphatic carbocycles. The van der Waals surface area contributed by atoms with Gasteiger partial charge in [-0.05, 0) is 37.7 Å². The van der Waals surface area contributed by atoms with Gasteiger partial charge in [0, 0.05) is 13.1 Å². The van der Waals surface area contributed by atoms with E-state index in [4.69, 9.17) is 4.74 Å². The topological polar surface area (TPSA) is 46.6 Å². The van der Waals surface area contributed by atoms with Crippen molar-refractivity contribution in [1.29, 1.82) is 0 Å². The number of hydrogen-bond donors (Lipinski definition) is 0. The number of ether oxygens (including phenoxy) is 1. The quantitative estimate of drug-likeness (QED) is 0.541. The van der Waals surface area contributed by atoms with Gasteiger partial charge in [0.2, 0.25) is 5.91 Å². The minimum Gasteiger partial charge on any atom is -0.469 e. The van der Waals surface area contributed by atoms with Gasteiger partial charge in [0.15, 0.2) is 0 Å². The predicted octanol–water partition coefficient (Wildman–Crippen LogP) is 3.51. The third-order valence-corrected chi connectivity index (χ3v) is 4.45. The maximum atomic E-state index is 12.6. The fraction of sp³-hybridized carbons (Fsp3) is 0.500. The normalized spacial score (nSPS) is 14.0. The molecular formula is C20H27NO3. The number of methoxy groups -OCH3 is 1. The van der Waals surface area contributed by atoms with Gasteiger partial charge in [-0.15, -0.1) is 0 Å². The third kappa shape index (κ3) is 6.19. The first-order chi connectivity index (χ1) is 11.7. The van der Waals surface area contributed by atoms with Crippen LogP contribution < -0.4 is 0 Å². The van der Waals surface area contributed by atoms with Gasteiger partial charge in [-0.25, -0.2) is 0 Å². The number of allylic oxidation sites excluding steroid dienone is 1. The number of rotatable bonds is 8. The molecule has 0 bridgehead atoms. The van der Waals surface area contributed by atoms with Crippen molar-refractivity contribution in [3.8, 4) is 0 Å². The second-order valence-corrected chi connectivity index (χ2v) is 6.23. The van der Waals surface area contributed by atoms with Crippen LogP contribution in [0.15, 0.2) is 42.0 Å². The summed E-state index contributed by atoms with van der Waals surface area (Å²) in [6.07, 6.45) is 8.63. The van der Waals surface area contributed by atoms with Gasteiger partial charge in [0.05, 0.1) is 20.0 Å². The summed E-state index contributed by atoms with van der Waals surface area (Å²) in [5.41, 5.74) is 2.44. The molecule has 1 amide bonds. The first-order valence-corrected chi connectivity index (χ1v) is 8.75. The van der Waals surface area contributed by atoms with Crippen molar-refractivity contribution >= 4 is 11.9 Å². The minimum atomic E-state index is -0.274. The van der Waals surface area contributed by atoms with Crippen LogP contribution in [0.5, 0.6) is 0 Å². The van der Waals surface area contributed by atoms with Gasteiger partial charge < -0.3 is 9.64 Å². The summed E-state index contributed by atoms with van der Waals surface area (Å²) in [6.45, 7) is 1.10. The number of carbonyl (C=O) groups is 2. The lowest BCUT2D eigenvalue weighted by Gasteiger charge is -2.24. The SMILES string of the molecule is COC(=O)CCN(CCC1=CCCCC1)C(=O)Cc1ccccc1. The number of benzene rings is 1. The Morgan fingerprint density at radius 2 is 1.92 bits per heavy atom. The minimum absolute atomic E-state index is 0.0708. The second-order valence-electron chi connectivity index (χ2n) is 6.23. The van der Waals surface area contributed by atoms with E-state index in [1.54, 1.807) is 4.90 Å². The molecule has 0 N–H and O–H groups in total. The van der Waals surface area contributed by atoms with Crippen LogP contribution >= 0.6 is 0 Å². The second kappa shape index (κ2) is 9.91. The smallest absolute Gasteiger partial charge is 0.307 e. The Morgan fingerprint density at radius 1 is 1.12 bits per heavy atom. The van der Waals surface area contributed by atoms with E-state index in [0.29, 0.717) is 19.5 Å². The van der Waals surface area contributed by atoms with Crippen LogP contribution in [0.3, 0.4) is 0 Å². The van der Waals surface area contributed by atoms with Crippen LogP contribution in [0.1, 0.15) is 44.1 Å². The average molecular weight is 329 g/mol. The Kier molecular flexibility index (Phi) is 7.53. The Hall–Kier alpha value is -2.10. The van der Waals surface area contributed by atoms with E-state index in [9.17, 15) is 9.59 Å². The highest BCUT2D eigenvalue weighted by Crippen LogP contribution is 2.20. The van der Waals surface area contributed by atoms with E-state index in [0.717, 1.165) is 24.8 Å². The molecule has 0 heterocycles. The van der Waals surface area contributed by atoms with Crippen molar-refractivity contribution in [2.75, 3.05) is 20.2 Å². The predicted molar refractivity (Wildman–Crippen MR) is 94.5 cm³/mol. The summed E-state index contributed by atoms with van der Waals surface area (Å²) >= 11 is 0. The van der Waals surface area contributed by atoms with Crippen LogP contribution in [0.25, 0.3) is 0 Å². The van der Waals surface area contributed by atoms with Crippen LogP contribution in [-0.2, 0) is 20.7 Å². The Balaban J connectivity index is 1.93. The molecule has 0 aliphatic heterocycles. The summed E-state index contributed by atoms with van der Waals surface area (Å²) in [6, 6.07) is 9.74. The zero-order valence-corrected chi connectivity index (χ0v) is 14.5. The lowest BCUT2D eigenvalue weighted by molar-refractivity contribution is -0.141. The number of esters is 1. The molecule has 24 heavy (non-hydrogen) atoms. The molecule has 2 rings (SSSR count). The largest absolute Gasteiger partial charge is 0.469 e. The molecule has 1 aromatic rings. The highest BCUT2D eigenvalue weighted by Gasteiger charge is 2.16. The molecule has 130 valence electrons. The maximum Gasteiger partial charge on any atom is 0.307 e. The molecule has 0 spiro atoms. The molecule has 0 saturated heterocycles. The molecule has 0 saturated carbocycles. The fourth-order valence-electron chi connectivity index (χ4n) is 2.98. The first-order valence-electron chi connectivity index (χ1n) is 8.75. The van der Waals surface area contributed by atoms with E-state index < -0.39 is 0 Å². The highest BCUT2D eigenvalue weighted by atomic mass is 16.5. The van der Waals surface area contributed by atoms with E-state index >= 15 is 0 Å². The van der Waals surface area contributed by atoms with E-state index in [-0.39, 0.29) is 18.3 Å². The molecule has 0 aromatic heterocycles. The Bertz CT molecular complexity index is 566. The molecule has 0 atom stereocenters. The average Bonchev–Trinajstić information content (AvgIpc) is 2.63. The number of nitrogens with zero attached hydrogens (tertiary/aromatic N) is 1. The molecule has 4 nitrogen and oxygen atoms in total. The lowest BCUT2D eigenvalue weighted by Crippen LogP contribution is -2.35. The third-order valence-electron chi connectivity index (χ3n) is 4.45. The molecule has 1 aromatic carbocycles. The standard InChI is InChI=1S/C20H27NO3/c1-24-20(23)13-15-21(14-12-17-8-4-2-5-9-17)19(22)16-18-10-6-3-7-11-18/h3,6-8,10-11H,2,4-5,9,12-16H2,1H3. The van der Waals surface area contributed by atoms with Crippen molar-refractivity contribution in [3.63, 3.8) is 0 Å². The lowest BCUT2D eigenvalue weighted by atomic mass is 9.97. The summed E-state index contributed by atoms with van der Waals surface area (Å²) < 4.78 is 4.70.